The lowest BCUT2D eigenvalue weighted by molar-refractivity contribution is 0.0824. The lowest BCUT2D eigenvalue weighted by atomic mass is 9.86. The van der Waals surface area contributed by atoms with Crippen molar-refractivity contribution in [1.29, 1.82) is 0 Å². The molecule has 3 aromatic carbocycles. The van der Waals surface area contributed by atoms with E-state index in [0.29, 0.717) is 13.2 Å². The normalized spacial score (nSPS) is 11.3. The Bertz CT molecular complexity index is 902. The van der Waals surface area contributed by atoms with Crippen LogP contribution in [-0.2, 0) is 16.8 Å². The average Bonchev–Trinajstić information content (AvgIpc) is 2.74. The summed E-state index contributed by atoms with van der Waals surface area (Å²) < 4.78 is 17.2. The first kappa shape index (κ1) is 21.3. The van der Waals surface area contributed by atoms with E-state index in [1.807, 2.05) is 42.5 Å². The van der Waals surface area contributed by atoms with Gasteiger partial charge in [0.15, 0.2) is 0 Å². The Hall–Kier alpha value is -2.43. The summed E-state index contributed by atoms with van der Waals surface area (Å²) in [5, 5.41) is 0. The summed E-state index contributed by atoms with van der Waals surface area (Å²) in [5.74, 6) is 2.38. The monoisotopic (exact) mass is 408 g/mol. The molecule has 0 fully saturated rings. The van der Waals surface area contributed by atoms with Crippen molar-refractivity contribution in [1.82, 2.24) is 0 Å². The molecule has 0 amide bonds. The first-order valence-corrected chi connectivity index (χ1v) is 10.9. The lowest BCUT2D eigenvalue weighted by Crippen LogP contribution is -2.24. The van der Waals surface area contributed by atoms with E-state index in [-0.39, 0.29) is 5.41 Å². The number of rotatable bonds is 9. The summed E-state index contributed by atoms with van der Waals surface area (Å²) in [7, 11) is 1.65. The predicted octanol–water partition coefficient (Wildman–Crippen LogP) is 6.70. The number of thioether (sulfide) groups is 1. The van der Waals surface area contributed by atoms with Crippen LogP contribution in [0.4, 0.5) is 0 Å². The molecular formula is C25H28O3S. The summed E-state index contributed by atoms with van der Waals surface area (Å²) in [5.41, 5.74) is 2.32. The van der Waals surface area contributed by atoms with E-state index in [9.17, 15) is 0 Å². The largest absolute Gasteiger partial charge is 0.497 e. The van der Waals surface area contributed by atoms with Crippen molar-refractivity contribution in [3.05, 3.63) is 83.9 Å². The number of benzene rings is 3. The predicted molar refractivity (Wildman–Crippen MR) is 120 cm³/mol. The van der Waals surface area contributed by atoms with E-state index in [1.165, 1.54) is 10.5 Å². The van der Waals surface area contributed by atoms with Crippen LogP contribution in [0.5, 0.6) is 17.2 Å². The van der Waals surface area contributed by atoms with Gasteiger partial charge in [-0.15, -0.1) is 11.8 Å². The first-order valence-electron chi connectivity index (χ1n) is 9.63. The maximum Gasteiger partial charge on any atom is 0.127 e. The molecule has 152 valence electrons. The fraction of sp³-hybridized carbons (Fsp3) is 0.280. The van der Waals surface area contributed by atoms with Crippen LogP contribution < -0.4 is 9.47 Å². The molecule has 3 aromatic rings. The Morgan fingerprint density at radius 3 is 2.17 bits per heavy atom. The minimum Gasteiger partial charge on any atom is -0.497 e. The summed E-state index contributed by atoms with van der Waals surface area (Å²) in [4.78, 5) is 1.28. The fourth-order valence-corrected chi connectivity index (χ4v) is 3.44. The number of methoxy groups -OCH3 is 1. The molecule has 4 heteroatoms. The summed E-state index contributed by atoms with van der Waals surface area (Å²) in [6.07, 6.45) is 2.09. The van der Waals surface area contributed by atoms with Crippen LogP contribution in [0, 0.1) is 0 Å². The molecule has 0 saturated carbocycles. The molecule has 0 N–H and O–H groups in total. The van der Waals surface area contributed by atoms with Gasteiger partial charge in [-0.1, -0.05) is 38.1 Å². The van der Waals surface area contributed by atoms with Crippen LogP contribution in [-0.4, -0.2) is 20.0 Å². The third-order valence-corrected chi connectivity index (χ3v) is 5.54. The van der Waals surface area contributed by atoms with Crippen LogP contribution in [0.2, 0.25) is 0 Å². The standard InChI is InChI=1S/C25H28O3S/c1-25(2,20-8-14-24(29-4)15-9-20)18-27-17-19-6-5-7-23(16-19)28-22-12-10-21(26-3)11-13-22/h5-16H,17-18H2,1-4H3. The zero-order valence-corrected chi connectivity index (χ0v) is 18.3. The lowest BCUT2D eigenvalue weighted by Gasteiger charge is -2.25. The van der Waals surface area contributed by atoms with E-state index in [4.69, 9.17) is 14.2 Å². The van der Waals surface area contributed by atoms with Crippen LogP contribution in [0.25, 0.3) is 0 Å². The smallest absolute Gasteiger partial charge is 0.127 e. The van der Waals surface area contributed by atoms with E-state index in [1.54, 1.807) is 18.9 Å². The maximum absolute atomic E-state index is 6.05. The molecule has 0 aliphatic heterocycles. The molecule has 0 aliphatic rings. The van der Waals surface area contributed by atoms with Gasteiger partial charge in [-0.3, -0.25) is 0 Å². The molecule has 0 radical (unpaired) electrons. The van der Waals surface area contributed by atoms with Crippen LogP contribution >= 0.6 is 11.8 Å². The number of ether oxygens (including phenoxy) is 3. The van der Waals surface area contributed by atoms with Crippen LogP contribution in [0.1, 0.15) is 25.0 Å². The highest BCUT2D eigenvalue weighted by molar-refractivity contribution is 7.98. The Kier molecular flexibility index (Phi) is 7.24. The Morgan fingerprint density at radius 1 is 0.828 bits per heavy atom. The highest BCUT2D eigenvalue weighted by Gasteiger charge is 2.20. The van der Waals surface area contributed by atoms with Crippen molar-refractivity contribution in [3.8, 4) is 17.2 Å². The second kappa shape index (κ2) is 9.86. The van der Waals surface area contributed by atoms with Gasteiger partial charge >= 0.3 is 0 Å². The topological polar surface area (TPSA) is 27.7 Å². The van der Waals surface area contributed by atoms with E-state index < -0.39 is 0 Å². The van der Waals surface area contributed by atoms with Gasteiger partial charge in [-0.05, 0) is 65.9 Å². The molecule has 3 rings (SSSR count). The van der Waals surface area contributed by atoms with Crippen molar-refractivity contribution < 1.29 is 14.2 Å². The summed E-state index contributed by atoms with van der Waals surface area (Å²) in [6.45, 7) is 5.62. The minimum absolute atomic E-state index is 0.0475. The van der Waals surface area contributed by atoms with Gasteiger partial charge in [0.05, 0.1) is 20.3 Å². The van der Waals surface area contributed by atoms with Gasteiger partial charge in [-0.2, -0.15) is 0 Å². The highest BCUT2D eigenvalue weighted by atomic mass is 32.2. The van der Waals surface area contributed by atoms with Gasteiger partial charge in [0.2, 0.25) is 0 Å². The average molecular weight is 409 g/mol. The Morgan fingerprint density at radius 2 is 1.52 bits per heavy atom. The molecule has 0 saturated heterocycles. The third-order valence-electron chi connectivity index (χ3n) is 4.80. The van der Waals surface area contributed by atoms with Crippen molar-refractivity contribution in [2.24, 2.45) is 0 Å². The van der Waals surface area contributed by atoms with E-state index in [2.05, 4.69) is 50.4 Å². The molecule has 29 heavy (non-hydrogen) atoms. The van der Waals surface area contributed by atoms with Gasteiger partial charge in [0.25, 0.3) is 0 Å². The van der Waals surface area contributed by atoms with Crippen molar-refractivity contribution in [2.45, 2.75) is 30.8 Å². The quantitative estimate of drug-likeness (QED) is 0.368. The molecule has 0 aliphatic carbocycles. The summed E-state index contributed by atoms with van der Waals surface area (Å²) >= 11 is 1.76. The molecule has 0 aromatic heterocycles. The molecular weight excluding hydrogens is 380 g/mol. The van der Waals surface area contributed by atoms with Gasteiger partial charge in [-0.25, -0.2) is 0 Å². The maximum atomic E-state index is 6.05. The second-order valence-electron chi connectivity index (χ2n) is 7.53. The van der Waals surface area contributed by atoms with Gasteiger partial charge in [0, 0.05) is 10.3 Å². The van der Waals surface area contributed by atoms with Gasteiger partial charge < -0.3 is 14.2 Å². The van der Waals surface area contributed by atoms with Crippen LogP contribution in [0.15, 0.2) is 77.7 Å². The molecule has 0 spiro atoms. The number of hydrogen-bond donors (Lipinski definition) is 0. The molecule has 0 heterocycles. The second-order valence-corrected chi connectivity index (χ2v) is 8.41. The van der Waals surface area contributed by atoms with E-state index >= 15 is 0 Å². The molecule has 3 nitrogen and oxygen atoms in total. The molecule has 0 bridgehead atoms. The van der Waals surface area contributed by atoms with Gasteiger partial charge in [0.1, 0.15) is 17.2 Å². The molecule has 0 unspecified atom stereocenters. The Balaban J connectivity index is 1.56. The fourth-order valence-electron chi connectivity index (χ4n) is 3.03. The number of hydrogen-bond acceptors (Lipinski definition) is 4. The minimum atomic E-state index is -0.0475. The van der Waals surface area contributed by atoms with E-state index in [0.717, 1.165) is 22.8 Å². The van der Waals surface area contributed by atoms with Crippen molar-refractivity contribution >= 4 is 11.8 Å². The third kappa shape index (κ3) is 6.02. The SMILES string of the molecule is COc1ccc(Oc2cccc(COCC(C)(C)c3ccc(SC)cc3)c2)cc1. The summed E-state index contributed by atoms with van der Waals surface area (Å²) in [6, 6.07) is 24.3. The van der Waals surface area contributed by atoms with Crippen molar-refractivity contribution in [2.75, 3.05) is 20.0 Å². The zero-order valence-electron chi connectivity index (χ0n) is 17.5. The Labute approximate surface area is 178 Å². The zero-order chi connectivity index (χ0) is 20.7. The first-order chi connectivity index (χ1) is 14.0. The molecule has 0 atom stereocenters. The van der Waals surface area contributed by atoms with Crippen molar-refractivity contribution in [3.63, 3.8) is 0 Å². The highest BCUT2D eigenvalue weighted by Crippen LogP contribution is 2.27. The van der Waals surface area contributed by atoms with Crippen LogP contribution in [0.3, 0.4) is 0 Å².